The molecule has 0 unspecified atom stereocenters. The van der Waals surface area contributed by atoms with E-state index in [9.17, 15) is 28.1 Å². The van der Waals surface area contributed by atoms with Gasteiger partial charge in [-0.25, -0.2) is 13.4 Å². The lowest BCUT2D eigenvalue weighted by molar-refractivity contribution is -0.384. The van der Waals surface area contributed by atoms with Crippen molar-refractivity contribution in [3.05, 3.63) is 72.0 Å². The van der Waals surface area contributed by atoms with Gasteiger partial charge in [0, 0.05) is 50.0 Å². The first-order valence-electron chi connectivity index (χ1n) is 8.87. The van der Waals surface area contributed by atoms with Crippen molar-refractivity contribution in [3.8, 4) is 0 Å². The van der Waals surface area contributed by atoms with Crippen molar-refractivity contribution in [2.75, 3.05) is 12.8 Å². The van der Waals surface area contributed by atoms with Crippen molar-refractivity contribution < 1.29 is 17.8 Å². The number of nitrogens with one attached hydrogen (secondary N) is 1. The standard InChI is InChI=1S/C18H16N4O7S/c1-30(27,28)18-19-14-4-5-21(8-13(14)17(24)20-18)7-10-9-29-15-3-2-11(22(25)26)6-12(15)16(10)23/h2-3,6,9H,4-5,7-8H2,1H3,(H,19,20,24). The van der Waals surface area contributed by atoms with Gasteiger partial charge in [0.15, 0.2) is 5.43 Å². The van der Waals surface area contributed by atoms with Gasteiger partial charge < -0.3 is 4.42 Å². The molecule has 0 aliphatic carbocycles. The van der Waals surface area contributed by atoms with E-state index in [-0.39, 0.29) is 40.3 Å². The van der Waals surface area contributed by atoms with E-state index >= 15 is 0 Å². The molecule has 3 aromatic rings. The Morgan fingerprint density at radius 2 is 2.10 bits per heavy atom. The monoisotopic (exact) mass is 432 g/mol. The van der Waals surface area contributed by atoms with Crippen LogP contribution in [-0.2, 0) is 29.3 Å². The summed E-state index contributed by atoms with van der Waals surface area (Å²) < 4.78 is 28.8. The lowest BCUT2D eigenvalue weighted by Crippen LogP contribution is -2.37. The fourth-order valence-electron chi connectivity index (χ4n) is 3.39. The number of benzene rings is 1. The second-order valence-electron chi connectivity index (χ2n) is 7.06. The van der Waals surface area contributed by atoms with Gasteiger partial charge in [-0.2, -0.15) is 0 Å². The number of aromatic amines is 1. The highest BCUT2D eigenvalue weighted by Gasteiger charge is 2.24. The molecule has 0 spiro atoms. The first-order chi connectivity index (χ1) is 14.1. The smallest absolute Gasteiger partial charge is 0.270 e. The van der Waals surface area contributed by atoms with Crippen LogP contribution in [0.1, 0.15) is 16.8 Å². The van der Waals surface area contributed by atoms with E-state index < -0.39 is 20.3 Å². The molecule has 0 bridgehead atoms. The Morgan fingerprint density at radius 1 is 1.33 bits per heavy atom. The van der Waals surface area contributed by atoms with Crippen LogP contribution >= 0.6 is 0 Å². The van der Waals surface area contributed by atoms with Crippen LogP contribution in [0.2, 0.25) is 0 Å². The summed E-state index contributed by atoms with van der Waals surface area (Å²) in [4.78, 5) is 43.7. The third-order valence-corrected chi connectivity index (χ3v) is 5.81. The fourth-order valence-corrected chi connectivity index (χ4v) is 3.95. The van der Waals surface area contributed by atoms with E-state index in [0.29, 0.717) is 29.8 Å². The molecule has 0 fully saturated rings. The summed E-state index contributed by atoms with van der Waals surface area (Å²) in [6.45, 7) is 0.779. The molecule has 0 radical (unpaired) electrons. The maximum absolute atomic E-state index is 12.8. The normalized spacial score (nSPS) is 14.6. The Hall–Kier alpha value is -3.38. The van der Waals surface area contributed by atoms with E-state index in [1.54, 1.807) is 0 Å². The number of aromatic nitrogens is 2. The second kappa shape index (κ2) is 7.15. The molecule has 11 nitrogen and oxygen atoms in total. The number of nitrogens with zero attached hydrogens (tertiary/aromatic N) is 3. The number of nitro benzene ring substituents is 1. The summed E-state index contributed by atoms with van der Waals surface area (Å²) in [5.74, 6) is 0. The predicted octanol–water partition coefficient (Wildman–Crippen LogP) is 0.746. The zero-order valence-electron chi connectivity index (χ0n) is 15.7. The van der Waals surface area contributed by atoms with Crippen molar-refractivity contribution >= 4 is 26.5 Å². The fraction of sp³-hybridized carbons (Fsp3) is 0.278. The molecule has 12 heteroatoms. The first kappa shape index (κ1) is 19.9. The lowest BCUT2D eigenvalue weighted by Gasteiger charge is -2.27. The number of non-ortho nitro benzene ring substituents is 1. The van der Waals surface area contributed by atoms with Crippen molar-refractivity contribution in [1.29, 1.82) is 0 Å². The highest BCUT2D eigenvalue weighted by molar-refractivity contribution is 7.90. The molecule has 0 atom stereocenters. The van der Waals surface area contributed by atoms with E-state index in [4.69, 9.17) is 4.42 Å². The van der Waals surface area contributed by atoms with Gasteiger partial charge >= 0.3 is 0 Å². The Bertz CT molecular complexity index is 1410. The first-order valence-corrected chi connectivity index (χ1v) is 10.8. The Balaban J connectivity index is 1.64. The van der Waals surface area contributed by atoms with E-state index in [1.165, 1.54) is 24.5 Å². The number of H-pyrrole nitrogens is 1. The highest BCUT2D eigenvalue weighted by Crippen LogP contribution is 2.21. The zero-order chi connectivity index (χ0) is 21.6. The largest absolute Gasteiger partial charge is 0.464 e. The molecule has 2 aromatic heterocycles. The van der Waals surface area contributed by atoms with Crippen LogP contribution in [0.3, 0.4) is 0 Å². The minimum Gasteiger partial charge on any atom is -0.464 e. The van der Waals surface area contributed by atoms with Crippen molar-refractivity contribution in [2.45, 2.75) is 24.7 Å². The molecule has 1 aliphatic heterocycles. The summed E-state index contributed by atoms with van der Waals surface area (Å²) in [5.41, 5.74) is 0.164. The summed E-state index contributed by atoms with van der Waals surface area (Å²) in [5, 5.41) is 10.7. The molecule has 4 rings (SSSR count). The minimum absolute atomic E-state index is 0.108. The summed E-state index contributed by atoms with van der Waals surface area (Å²) >= 11 is 0. The number of fused-ring (bicyclic) bond motifs is 2. The number of hydrogen-bond donors (Lipinski definition) is 1. The van der Waals surface area contributed by atoms with Crippen molar-refractivity contribution in [3.63, 3.8) is 0 Å². The van der Waals surface area contributed by atoms with E-state index in [2.05, 4.69) is 9.97 Å². The topological polar surface area (TPSA) is 156 Å². The van der Waals surface area contributed by atoms with Crippen LogP contribution in [0.25, 0.3) is 11.0 Å². The van der Waals surface area contributed by atoms with E-state index in [1.807, 2.05) is 4.90 Å². The average Bonchev–Trinajstić information content (AvgIpc) is 2.69. The van der Waals surface area contributed by atoms with Gasteiger partial charge in [0.1, 0.15) is 5.58 Å². The lowest BCUT2D eigenvalue weighted by atomic mass is 10.1. The van der Waals surface area contributed by atoms with Gasteiger partial charge in [-0.1, -0.05) is 0 Å². The number of nitro groups is 1. The number of hydrogen-bond acceptors (Lipinski definition) is 9. The van der Waals surface area contributed by atoms with Gasteiger partial charge in [-0.05, 0) is 6.07 Å². The summed E-state index contributed by atoms with van der Waals surface area (Å²) in [7, 11) is -3.64. The van der Waals surface area contributed by atoms with Crippen molar-refractivity contribution in [2.24, 2.45) is 0 Å². The Morgan fingerprint density at radius 3 is 2.80 bits per heavy atom. The molecule has 156 valence electrons. The van der Waals surface area contributed by atoms with E-state index in [0.717, 1.165) is 6.26 Å². The molecule has 1 aliphatic rings. The van der Waals surface area contributed by atoms with Crippen LogP contribution in [0.4, 0.5) is 5.69 Å². The quantitative estimate of drug-likeness (QED) is 0.357. The molecule has 3 heterocycles. The van der Waals surface area contributed by atoms with Crippen LogP contribution in [-0.4, -0.2) is 41.0 Å². The number of rotatable bonds is 4. The van der Waals surface area contributed by atoms with Crippen LogP contribution in [0.15, 0.2) is 43.6 Å². The molecule has 1 aromatic carbocycles. The van der Waals surface area contributed by atoms with Crippen LogP contribution in [0.5, 0.6) is 0 Å². The molecular weight excluding hydrogens is 416 g/mol. The van der Waals surface area contributed by atoms with Gasteiger partial charge in [0.05, 0.1) is 27.8 Å². The third kappa shape index (κ3) is 3.62. The number of sulfone groups is 1. The molecule has 1 N–H and O–H groups in total. The molecular formula is C18H16N4O7S. The second-order valence-corrected chi connectivity index (χ2v) is 8.99. The highest BCUT2D eigenvalue weighted by atomic mass is 32.2. The maximum atomic E-state index is 12.8. The minimum atomic E-state index is -3.64. The summed E-state index contributed by atoms with van der Waals surface area (Å²) in [6.07, 6.45) is 2.61. The molecule has 0 saturated heterocycles. The Labute approximate surface area is 169 Å². The zero-order valence-corrected chi connectivity index (χ0v) is 16.6. The maximum Gasteiger partial charge on any atom is 0.270 e. The van der Waals surface area contributed by atoms with Crippen LogP contribution in [0, 0.1) is 10.1 Å². The van der Waals surface area contributed by atoms with Crippen molar-refractivity contribution in [1.82, 2.24) is 14.9 Å². The predicted molar refractivity (Wildman–Crippen MR) is 105 cm³/mol. The average molecular weight is 432 g/mol. The van der Waals surface area contributed by atoms with Gasteiger partial charge in [0.25, 0.3) is 11.2 Å². The van der Waals surface area contributed by atoms with Crippen LogP contribution < -0.4 is 11.0 Å². The third-order valence-electron chi connectivity index (χ3n) is 4.91. The Kier molecular flexibility index (Phi) is 4.74. The SMILES string of the molecule is CS(=O)(=O)c1nc2c(c(=O)[nH]1)CN(Cc1coc3ccc([N+](=O)[O-])cc3c1=O)CC2. The van der Waals surface area contributed by atoms with Gasteiger partial charge in [-0.15, -0.1) is 0 Å². The summed E-state index contributed by atoms with van der Waals surface area (Å²) in [6, 6.07) is 3.81. The molecule has 0 saturated carbocycles. The van der Waals surface area contributed by atoms with Gasteiger partial charge in [0.2, 0.25) is 15.0 Å². The molecule has 0 amide bonds. The van der Waals surface area contributed by atoms with Gasteiger partial charge in [-0.3, -0.25) is 29.6 Å². The molecule has 30 heavy (non-hydrogen) atoms.